The van der Waals surface area contributed by atoms with Gasteiger partial charge in [-0.3, -0.25) is 19.9 Å². The molecule has 0 spiro atoms. The average molecular weight is 225 g/mol. The van der Waals surface area contributed by atoms with Gasteiger partial charge in [-0.1, -0.05) is 13.8 Å². The van der Waals surface area contributed by atoms with Crippen LogP contribution >= 0.6 is 0 Å². The fraction of sp³-hybridized carbons (Fsp3) is 0.667. The highest BCUT2D eigenvalue weighted by Gasteiger charge is 2.36. The van der Waals surface area contributed by atoms with Crippen LogP contribution in [0.2, 0.25) is 0 Å². The summed E-state index contributed by atoms with van der Waals surface area (Å²) in [6.45, 7) is 7.88. The van der Waals surface area contributed by atoms with Crippen molar-refractivity contribution in [3.8, 4) is 0 Å². The standard InChI is InChI=1S/C12H19NO3/c1-5-16-13-8(2)11-9(14)6-12(3,4)7-10(11)15/h13H,5-7H2,1-4H3. The fourth-order valence-corrected chi connectivity index (χ4v) is 1.91. The SMILES string of the molecule is CCONC(C)=C1C(=O)CC(C)(C)CC1=O. The molecule has 0 aromatic carbocycles. The molecule has 0 aliphatic heterocycles. The molecule has 0 amide bonds. The van der Waals surface area contributed by atoms with Gasteiger partial charge in [0, 0.05) is 18.5 Å². The summed E-state index contributed by atoms with van der Waals surface area (Å²) >= 11 is 0. The van der Waals surface area contributed by atoms with Crippen molar-refractivity contribution in [3.05, 3.63) is 11.3 Å². The first kappa shape index (κ1) is 12.9. The second-order valence-corrected chi connectivity index (χ2v) is 4.90. The molecule has 4 nitrogen and oxygen atoms in total. The molecule has 1 aliphatic rings. The summed E-state index contributed by atoms with van der Waals surface area (Å²) in [4.78, 5) is 28.7. The van der Waals surface area contributed by atoms with E-state index in [1.807, 2.05) is 20.8 Å². The first-order valence-electron chi connectivity index (χ1n) is 5.52. The minimum atomic E-state index is -0.219. The van der Waals surface area contributed by atoms with Crippen LogP contribution in [0.3, 0.4) is 0 Å². The Morgan fingerprint density at radius 2 is 1.81 bits per heavy atom. The maximum Gasteiger partial charge on any atom is 0.168 e. The number of Topliss-reactive ketones (excluding diaryl/α,β-unsaturated/α-hetero) is 2. The zero-order valence-corrected chi connectivity index (χ0v) is 10.3. The molecule has 1 rings (SSSR count). The van der Waals surface area contributed by atoms with Crippen LogP contribution in [-0.2, 0) is 14.4 Å². The van der Waals surface area contributed by atoms with Crippen molar-refractivity contribution in [1.82, 2.24) is 5.48 Å². The molecule has 0 radical (unpaired) electrons. The van der Waals surface area contributed by atoms with Crippen molar-refractivity contribution in [2.45, 2.75) is 40.5 Å². The molecule has 90 valence electrons. The van der Waals surface area contributed by atoms with E-state index in [4.69, 9.17) is 4.84 Å². The number of carbonyl (C=O) groups is 2. The molecule has 0 aromatic rings. The molecule has 0 atom stereocenters. The third kappa shape index (κ3) is 2.92. The van der Waals surface area contributed by atoms with E-state index in [0.29, 0.717) is 25.1 Å². The van der Waals surface area contributed by atoms with Crippen LogP contribution in [0.4, 0.5) is 0 Å². The predicted octanol–water partition coefficient (Wildman–Crippen LogP) is 1.76. The fourth-order valence-electron chi connectivity index (χ4n) is 1.91. The molecule has 1 N–H and O–H groups in total. The summed E-state index contributed by atoms with van der Waals surface area (Å²) < 4.78 is 0. The molecule has 0 aromatic heterocycles. The van der Waals surface area contributed by atoms with Crippen LogP contribution in [0, 0.1) is 5.41 Å². The monoisotopic (exact) mass is 225 g/mol. The highest BCUT2D eigenvalue weighted by atomic mass is 16.6. The highest BCUT2D eigenvalue weighted by molar-refractivity contribution is 6.22. The molecule has 1 saturated carbocycles. The Bertz CT molecular complexity index is 320. The lowest BCUT2D eigenvalue weighted by Gasteiger charge is -2.29. The number of allylic oxidation sites excluding steroid dienone is 2. The predicted molar refractivity (Wildman–Crippen MR) is 60.5 cm³/mol. The average Bonchev–Trinajstić information content (AvgIpc) is 2.11. The Morgan fingerprint density at radius 3 is 2.25 bits per heavy atom. The van der Waals surface area contributed by atoms with Gasteiger partial charge in [-0.2, -0.15) is 0 Å². The van der Waals surface area contributed by atoms with Gasteiger partial charge in [0.2, 0.25) is 0 Å². The van der Waals surface area contributed by atoms with Crippen LogP contribution in [0.5, 0.6) is 0 Å². The number of hydrogen-bond donors (Lipinski definition) is 1. The first-order chi connectivity index (χ1) is 7.37. The molecular weight excluding hydrogens is 206 g/mol. The molecule has 0 unspecified atom stereocenters. The normalized spacial score (nSPS) is 19.9. The summed E-state index contributed by atoms with van der Waals surface area (Å²) in [5.41, 5.74) is 3.20. The third-order valence-corrected chi connectivity index (χ3v) is 2.58. The lowest BCUT2D eigenvalue weighted by Crippen LogP contribution is -2.34. The van der Waals surface area contributed by atoms with E-state index < -0.39 is 0 Å². The molecule has 1 aliphatic carbocycles. The Balaban J connectivity index is 2.89. The zero-order chi connectivity index (χ0) is 12.3. The van der Waals surface area contributed by atoms with Gasteiger partial charge in [-0.15, -0.1) is 0 Å². The zero-order valence-electron chi connectivity index (χ0n) is 10.3. The third-order valence-electron chi connectivity index (χ3n) is 2.58. The Hall–Kier alpha value is -1.16. The lowest BCUT2D eigenvalue weighted by molar-refractivity contribution is -0.127. The van der Waals surface area contributed by atoms with E-state index in [1.54, 1.807) is 6.92 Å². The topological polar surface area (TPSA) is 55.4 Å². The minimum Gasteiger partial charge on any atom is -0.294 e. The van der Waals surface area contributed by atoms with Gasteiger partial charge in [0.1, 0.15) is 0 Å². The van der Waals surface area contributed by atoms with E-state index in [1.165, 1.54) is 0 Å². The van der Waals surface area contributed by atoms with Gasteiger partial charge in [0.25, 0.3) is 0 Å². The van der Waals surface area contributed by atoms with Gasteiger partial charge in [0.15, 0.2) is 11.6 Å². The second kappa shape index (κ2) is 4.78. The van der Waals surface area contributed by atoms with Crippen LogP contribution in [0.15, 0.2) is 11.3 Å². The Kier molecular flexibility index (Phi) is 3.86. The summed E-state index contributed by atoms with van der Waals surface area (Å²) in [7, 11) is 0. The van der Waals surface area contributed by atoms with Crippen LogP contribution in [-0.4, -0.2) is 18.2 Å². The molecule has 16 heavy (non-hydrogen) atoms. The quantitative estimate of drug-likeness (QED) is 0.452. The van der Waals surface area contributed by atoms with E-state index in [2.05, 4.69) is 5.48 Å². The van der Waals surface area contributed by atoms with Crippen LogP contribution in [0.25, 0.3) is 0 Å². The summed E-state index contributed by atoms with van der Waals surface area (Å²) in [6.07, 6.45) is 0.832. The lowest BCUT2D eigenvalue weighted by atomic mass is 9.74. The maximum atomic E-state index is 11.9. The number of ketones is 2. The molecule has 0 bridgehead atoms. The summed E-state index contributed by atoms with van der Waals surface area (Å²) in [5.74, 6) is -0.183. The molecular formula is C12H19NO3. The molecule has 4 heteroatoms. The first-order valence-corrected chi connectivity index (χ1v) is 5.52. The second-order valence-electron chi connectivity index (χ2n) is 4.90. The largest absolute Gasteiger partial charge is 0.294 e. The highest BCUT2D eigenvalue weighted by Crippen LogP contribution is 2.34. The van der Waals surface area contributed by atoms with Crippen molar-refractivity contribution in [2.75, 3.05) is 6.61 Å². The number of nitrogens with one attached hydrogen (secondary N) is 1. The van der Waals surface area contributed by atoms with Gasteiger partial charge >= 0.3 is 0 Å². The minimum absolute atomic E-state index is 0.0917. The van der Waals surface area contributed by atoms with E-state index in [-0.39, 0.29) is 22.6 Å². The molecule has 0 saturated heterocycles. The van der Waals surface area contributed by atoms with Gasteiger partial charge in [-0.25, -0.2) is 0 Å². The van der Waals surface area contributed by atoms with Crippen LogP contribution < -0.4 is 5.48 Å². The summed E-state index contributed by atoms with van der Waals surface area (Å²) in [6, 6.07) is 0. The maximum absolute atomic E-state index is 11.9. The number of carbonyl (C=O) groups excluding carboxylic acids is 2. The van der Waals surface area contributed by atoms with E-state index in [9.17, 15) is 9.59 Å². The van der Waals surface area contributed by atoms with Gasteiger partial charge < -0.3 is 0 Å². The summed E-state index contributed by atoms with van der Waals surface area (Å²) in [5, 5.41) is 0. The van der Waals surface area contributed by atoms with Gasteiger partial charge in [0.05, 0.1) is 12.2 Å². The van der Waals surface area contributed by atoms with Crippen molar-refractivity contribution < 1.29 is 14.4 Å². The smallest absolute Gasteiger partial charge is 0.168 e. The Labute approximate surface area is 96.0 Å². The van der Waals surface area contributed by atoms with E-state index in [0.717, 1.165) is 0 Å². The van der Waals surface area contributed by atoms with E-state index >= 15 is 0 Å². The van der Waals surface area contributed by atoms with Crippen molar-refractivity contribution >= 4 is 11.6 Å². The molecule has 1 fully saturated rings. The van der Waals surface area contributed by atoms with Crippen molar-refractivity contribution in [3.63, 3.8) is 0 Å². The van der Waals surface area contributed by atoms with Gasteiger partial charge in [-0.05, 0) is 19.3 Å². The number of hydroxylamine groups is 1. The van der Waals surface area contributed by atoms with Crippen LogP contribution in [0.1, 0.15) is 40.5 Å². The number of rotatable bonds is 3. The van der Waals surface area contributed by atoms with Crippen molar-refractivity contribution in [2.24, 2.45) is 5.41 Å². The Morgan fingerprint density at radius 1 is 1.31 bits per heavy atom. The van der Waals surface area contributed by atoms with Crippen molar-refractivity contribution in [1.29, 1.82) is 0 Å². The number of hydrogen-bond acceptors (Lipinski definition) is 4. The molecule has 0 heterocycles.